The van der Waals surface area contributed by atoms with Gasteiger partial charge in [-0.2, -0.15) is 5.10 Å². The first kappa shape index (κ1) is 24.0. The van der Waals surface area contributed by atoms with Gasteiger partial charge in [-0.05, 0) is 50.3 Å². The largest absolute Gasteiger partial charge is 0.454 e. The molecule has 1 N–H and O–H groups in total. The number of anilines is 1. The molecule has 35 heavy (non-hydrogen) atoms. The highest BCUT2D eigenvalue weighted by Gasteiger charge is 2.21. The number of nitrogens with one attached hydrogen (secondary N) is 1. The number of hydrogen-bond acceptors (Lipinski definition) is 7. The number of carbonyl (C=O) groups is 3. The number of aryl methyl sites for hydroxylation is 1. The zero-order valence-electron chi connectivity index (χ0n) is 18.6. The highest BCUT2D eigenvalue weighted by atomic mass is 35.5. The summed E-state index contributed by atoms with van der Waals surface area (Å²) < 4.78 is 30.1. The molecule has 180 valence electrons. The quantitative estimate of drug-likeness (QED) is 0.296. The Morgan fingerprint density at radius 3 is 2.57 bits per heavy atom. The Morgan fingerprint density at radius 1 is 1.20 bits per heavy atom. The predicted octanol–water partition coefficient (Wildman–Crippen LogP) is 4.10. The fraction of sp³-hybridized carbons (Fsp3) is 0.167. The molecule has 4 rings (SSSR count). The van der Waals surface area contributed by atoms with Gasteiger partial charge in [-0.25, -0.2) is 13.9 Å². The number of ketones is 1. The maximum Gasteiger partial charge on any atom is 0.331 e. The number of esters is 1. The first-order valence-corrected chi connectivity index (χ1v) is 10.7. The number of aromatic nitrogens is 2. The van der Waals surface area contributed by atoms with Crippen LogP contribution in [-0.2, 0) is 14.3 Å². The lowest BCUT2D eigenvalue weighted by Gasteiger charge is -2.10. The van der Waals surface area contributed by atoms with Crippen molar-refractivity contribution in [2.45, 2.75) is 13.8 Å². The van der Waals surface area contributed by atoms with Gasteiger partial charge in [-0.3, -0.25) is 9.59 Å². The molecule has 0 saturated heterocycles. The molecule has 2 aromatic carbocycles. The SMILES string of the molecule is CC(=O)c1cc2c(cc1NC(=O)COC(=O)/C=C/c1c(C)nn(-c3ccc(F)cc3)c1Cl)OCO2. The van der Waals surface area contributed by atoms with E-state index in [1.54, 1.807) is 6.92 Å². The van der Waals surface area contributed by atoms with Crippen LogP contribution in [0.3, 0.4) is 0 Å². The van der Waals surface area contributed by atoms with Crippen LogP contribution >= 0.6 is 11.6 Å². The molecular formula is C24H19ClFN3O6. The van der Waals surface area contributed by atoms with Gasteiger partial charge in [0.1, 0.15) is 11.0 Å². The minimum Gasteiger partial charge on any atom is -0.454 e. The van der Waals surface area contributed by atoms with Crippen LogP contribution in [0.1, 0.15) is 28.5 Å². The monoisotopic (exact) mass is 499 g/mol. The Balaban J connectivity index is 1.39. The third-order valence-corrected chi connectivity index (χ3v) is 5.38. The van der Waals surface area contributed by atoms with Crippen LogP contribution in [0.15, 0.2) is 42.5 Å². The zero-order chi connectivity index (χ0) is 25.1. The minimum absolute atomic E-state index is 0.0142. The molecule has 0 aliphatic carbocycles. The van der Waals surface area contributed by atoms with E-state index in [1.807, 2.05) is 0 Å². The number of rotatable bonds is 7. The summed E-state index contributed by atoms with van der Waals surface area (Å²) in [7, 11) is 0. The van der Waals surface area contributed by atoms with E-state index < -0.39 is 24.3 Å². The summed E-state index contributed by atoms with van der Waals surface area (Å²) in [6.45, 7) is 2.47. The Kier molecular flexibility index (Phi) is 6.83. The minimum atomic E-state index is -0.789. The number of halogens is 2. The molecule has 1 aromatic heterocycles. The highest BCUT2D eigenvalue weighted by molar-refractivity contribution is 6.31. The molecule has 0 radical (unpaired) electrons. The van der Waals surface area contributed by atoms with E-state index in [2.05, 4.69) is 10.4 Å². The van der Waals surface area contributed by atoms with Gasteiger partial charge in [0.15, 0.2) is 23.9 Å². The first-order valence-electron chi connectivity index (χ1n) is 10.3. The van der Waals surface area contributed by atoms with Crippen LogP contribution in [0.2, 0.25) is 5.15 Å². The number of carbonyl (C=O) groups excluding carboxylic acids is 3. The fourth-order valence-corrected chi connectivity index (χ4v) is 3.65. The molecule has 1 amide bonds. The van der Waals surface area contributed by atoms with E-state index in [9.17, 15) is 18.8 Å². The van der Waals surface area contributed by atoms with Gasteiger partial charge in [0.05, 0.1) is 17.1 Å². The van der Waals surface area contributed by atoms with Crippen molar-refractivity contribution >= 4 is 41.0 Å². The Hall–Kier alpha value is -4.18. The van der Waals surface area contributed by atoms with E-state index in [1.165, 1.54) is 54.1 Å². The number of ether oxygens (including phenoxy) is 3. The molecule has 11 heteroatoms. The summed E-state index contributed by atoms with van der Waals surface area (Å²) in [5.41, 5.74) is 1.99. The highest BCUT2D eigenvalue weighted by Crippen LogP contribution is 2.37. The summed E-state index contributed by atoms with van der Waals surface area (Å²) in [6.07, 6.45) is 2.52. The van der Waals surface area contributed by atoms with Gasteiger partial charge in [0.2, 0.25) is 6.79 Å². The van der Waals surface area contributed by atoms with Crippen LogP contribution in [0.25, 0.3) is 11.8 Å². The smallest absolute Gasteiger partial charge is 0.331 e. The van der Waals surface area contributed by atoms with Crippen LogP contribution in [0.5, 0.6) is 11.5 Å². The zero-order valence-corrected chi connectivity index (χ0v) is 19.4. The van der Waals surface area contributed by atoms with Crippen LogP contribution in [0, 0.1) is 12.7 Å². The normalized spacial score (nSPS) is 12.1. The Morgan fingerprint density at radius 2 is 1.89 bits per heavy atom. The number of hydrogen-bond donors (Lipinski definition) is 1. The summed E-state index contributed by atoms with van der Waals surface area (Å²) in [5, 5.41) is 7.06. The van der Waals surface area contributed by atoms with E-state index in [4.69, 9.17) is 25.8 Å². The standard InChI is InChI=1S/C24H19ClFN3O6/c1-13-17(24(25)29(28-13)16-5-3-15(26)4-6-16)7-8-23(32)33-11-22(31)27-19-10-21-20(34-12-35-21)9-18(19)14(2)30/h3-10H,11-12H2,1-2H3,(H,27,31)/b8-7+. The van der Waals surface area contributed by atoms with Crippen LogP contribution in [-0.4, -0.2) is 40.8 Å². The molecule has 1 aliphatic heterocycles. The Bertz CT molecular complexity index is 1350. The van der Waals surface area contributed by atoms with Crippen molar-refractivity contribution in [1.82, 2.24) is 9.78 Å². The number of fused-ring (bicyclic) bond motifs is 1. The topological polar surface area (TPSA) is 109 Å². The molecule has 0 saturated carbocycles. The predicted molar refractivity (Wildman–Crippen MR) is 124 cm³/mol. The van der Waals surface area contributed by atoms with E-state index in [0.717, 1.165) is 6.08 Å². The molecule has 1 aliphatic rings. The van der Waals surface area contributed by atoms with Gasteiger partial charge in [0.25, 0.3) is 5.91 Å². The fourth-order valence-electron chi connectivity index (χ4n) is 3.31. The molecule has 0 atom stereocenters. The third-order valence-electron chi connectivity index (χ3n) is 5.02. The number of Topliss-reactive ketones (excluding diaryl/α,β-unsaturated/α-hetero) is 1. The van der Waals surface area contributed by atoms with Crippen molar-refractivity contribution in [2.75, 3.05) is 18.7 Å². The van der Waals surface area contributed by atoms with Gasteiger partial charge in [-0.1, -0.05) is 11.6 Å². The lowest BCUT2D eigenvalue weighted by atomic mass is 10.1. The maximum atomic E-state index is 13.2. The lowest BCUT2D eigenvalue weighted by molar-refractivity contribution is -0.142. The average molecular weight is 500 g/mol. The number of nitrogens with zero attached hydrogens (tertiary/aromatic N) is 2. The van der Waals surface area contributed by atoms with Crippen molar-refractivity contribution in [1.29, 1.82) is 0 Å². The number of amides is 1. The molecule has 0 fully saturated rings. The van der Waals surface area contributed by atoms with Gasteiger partial charge >= 0.3 is 5.97 Å². The molecule has 3 aromatic rings. The van der Waals surface area contributed by atoms with Crippen molar-refractivity contribution in [3.8, 4) is 17.2 Å². The lowest BCUT2D eigenvalue weighted by Crippen LogP contribution is -2.21. The van der Waals surface area contributed by atoms with E-state index >= 15 is 0 Å². The van der Waals surface area contributed by atoms with Crippen molar-refractivity contribution in [2.24, 2.45) is 0 Å². The van der Waals surface area contributed by atoms with Crippen molar-refractivity contribution in [3.05, 3.63) is 70.3 Å². The van der Waals surface area contributed by atoms with Gasteiger partial charge in [0, 0.05) is 23.3 Å². The van der Waals surface area contributed by atoms with Gasteiger partial charge in [-0.15, -0.1) is 0 Å². The molecule has 0 spiro atoms. The summed E-state index contributed by atoms with van der Waals surface area (Å²) in [5.74, 6) is -1.32. The van der Waals surface area contributed by atoms with Crippen LogP contribution < -0.4 is 14.8 Å². The van der Waals surface area contributed by atoms with E-state index in [0.29, 0.717) is 28.4 Å². The van der Waals surface area contributed by atoms with Gasteiger partial charge < -0.3 is 19.5 Å². The first-order chi connectivity index (χ1) is 16.7. The average Bonchev–Trinajstić information content (AvgIpc) is 3.39. The summed E-state index contributed by atoms with van der Waals surface area (Å²) >= 11 is 6.38. The molecule has 2 heterocycles. The van der Waals surface area contributed by atoms with E-state index in [-0.39, 0.29) is 29.0 Å². The van der Waals surface area contributed by atoms with Crippen molar-refractivity contribution in [3.63, 3.8) is 0 Å². The van der Waals surface area contributed by atoms with Crippen molar-refractivity contribution < 1.29 is 33.0 Å². The second-order valence-corrected chi connectivity index (χ2v) is 7.83. The molecule has 9 nitrogen and oxygen atoms in total. The molecular weight excluding hydrogens is 481 g/mol. The Labute approximate surface area is 204 Å². The molecule has 0 bridgehead atoms. The summed E-state index contributed by atoms with van der Waals surface area (Å²) in [4.78, 5) is 36.4. The third kappa shape index (κ3) is 5.33. The van der Waals surface area contributed by atoms with Crippen LogP contribution in [0.4, 0.5) is 10.1 Å². The summed E-state index contributed by atoms with van der Waals surface area (Å²) in [6, 6.07) is 8.56. The second kappa shape index (κ2) is 9.98. The molecule has 0 unspecified atom stereocenters. The number of benzene rings is 2. The maximum absolute atomic E-state index is 13.2. The second-order valence-electron chi connectivity index (χ2n) is 7.47.